The van der Waals surface area contributed by atoms with Gasteiger partial charge in [-0.3, -0.25) is 9.59 Å². The van der Waals surface area contributed by atoms with Crippen molar-refractivity contribution in [2.75, 3.05) is 13.1 Å². The van der Waals surface area contributed by atoms with E-state index in [2.05, 4.69) is 22.9 Å². The first-order valence-corrected chi connectivity index (χ1v) is 10.7. The third-order valence-electron chi connectivity index (χ3n) is 5.18. The lowest BCUT2D eigenvalue weighted by atomic mass is 10.2. The van der Waals surface area contributed by atoms with E-state index in [1.54, 1.807) is 17.0 Å². The summed E-state index contributed by atoms with van der Waals surface area (Å²) in [6.07, 6.45) is 5.96. The van der Waals surface area contributed by atoms with Gasteiger partial charge in [-0.15, -0.1) is 0 Å². The van der Waals surface area contributed by atoms with E-state index >= 15 is 0 Å². The summed E-state index contributed by atoms with van der Waals surface area (Å²) in [4.78, 5) is 29.8. The van der Waals surface area contributed by atoms with E-state index < -0.39 is 0 Å². The molecule has 2 amide bonds. The zero-order valence-electron chi connectivity index (χ0n) is 16.6. The molecule has 1 aliphatic rings. The zero-order valence-corrected chi connectivity index (χ0v) is 18.2. The number of carbonyl (C=O) groups excluding carboxylic acids is 2. The Morgan fingerprint density at radius 1 is 1.18 bits per heavy atom. The van der Waals surface area contributed by atoms with E-state index in [-0.39, 0.29) is 18.4 Å². The second-order valence-corrected chi connectivity index (χ2v) is 8.37. The normalized spacial score (nSPS) is 13.4. The minimum absolute atomic E-state index is 0.0327. The fourth-order valence-corrected chi connectivity index (χ4v) is 3.54. The van der Waals surface area contributed by atoms with Crippen molar-refractivity contribution in [2.24, 2.45) is 7.05 Å². The van der Waals surface area contributed by atoms with Gasteiger partial charge in [0.25, 0.3) is 5.91 Å². The lowest BCUT2D eigenvalue weighted by molar-refractivity contribution is -0.133. The molecule has 0 radical (unpaired) electrons. The van der Waals surface area contributed by atoms with Crippen LogP contribution >= 0.6 is 15.9 Å². The minimum atomic E-state index is -0.0797. The van der Waals surface area contributed by atoms with Crippen LogP contribution in [-0.4, -0.2) is 45.3 Å². The largest absolute Gasteiger partial charge is 0.353 e. The first-order chi connectivity index (χ1) is 13.5. The van der Waals surface area contributed by atoms with Gasteiger partial charge in [-0.25, -0.2) is 0 Å². The highest BCUT2D eigenvalue weighted by atomic mass is 79.9. The molecule has 1 aromatic carbocycles. The summed E-state index contributed by atoms with van der Waals surface area (Å²) in [7, 11) is 2.00. The second kappa shape index (κ2) is 9.41. The fraction of sp³-hybridized carbons (Fsp3) is 0.455. The van der Waals surface area contributed by atoms with Crippen molar-refractivity contribution >= 4 is 27.7 Å². The van der Waals surface area contributed by atoms with Gasteiger partial charge < -0.3 is 14.4 Å². The highest BCUT2D eigenvalue weighted by Gasteiger charge is 2.34. The van der Waals surface area contributed by atoms with E-state index in [0.717, 1.165) is 35.8 Å². The van der Waals surface area contributed by atoms with E-state index in [0.29, 0.717) is 24.7 Å². The number of rotatable bonds is 9. The SMILES string of the molecule is CCCCN(CC(=O)N(Cc1cccn1C)C1CC1)C(=O)c1ccc(Br)cc1. The molecule has 0 atom stereocenters. The Labute approximate surface area is 175 Å². The second-order valence-electron chi connectivity index (χ2n) is 7.45. The lowest BCUT2D eigenvalue weighted by Crippen LogP contribution is -2.44. The molecule has 5 nitrogen and oxygen atoms in total. The van der Waals surface area contributed by atoms with Crippen molar-refractivity contribution in [3.05, 3.63) is 58.3 Å². The summed E-state index contributed by atoms with van der Waals surface area (Å²) < 4.78 is 2.98. The highest BCUT2D eigenvalue weighted by Crippen LogP contribution is 2.28. The van der Waals surface area contributed by atoms with Crippen LogP contribution in [0.3, 0.4) is 0 Å². The van der Waals surface area contributed by atoms with Crippen LogP contribution in [0.15, 0.2) is 47.1 Å². The van der Waals surface area contributed by atoms with E-state index in [1.165, 1.54) is 0 Å². The van der Waals surface area contributed by atoms with Crippen molar-refractivity contribution in [3.63, 3.8) is 0 Å². The van der Waals surface area contributed by atoms with Gasteiger partial charge in [0.1, 0.15) is 6.54 Å². The van der Waals surface area contributed by atoms with Crippen molar-refractivity contribution in [3.8, 4) is 0 Å². The van der Waals surface area contributed by atoms with Gasteiger partial charge in [-0.1, -0.05) is 29.3 Å². The number of amides is 2. The van der Waals surface area contributed by atoms with Crippen LogP contribution in [0.25, 0.3) is 0 Å². The van der Waals surface area contributed by atoms with Gasteiger partial charge in [0.2, 0.25) is 5.91 Å². The van der Waals surface area contributed by atoms with Gasteiger partial charge in [-0.2, -0.15) is 0 Å². The summed E-state index contributed by atoms with van der Waals surface area (Å²) >= 11 is 3.40. The minimum Gasteiger partial charge on any atom is -0.353 e. The Kier molecular flexibility index (Phi) is 6.94. The number of aryl methyl sites for hydroxylation is 1. The molecule has 0 N–H and O–H groups in total. The predicted molar refractivity (Wildman–Crippen MR) is 114 cm³/mol. The molecular formula is C22H28BrN3O2. The molecule has 1 fully saturated rings. The molecule has 3 rings (SSSR count). The Balaban J connectivity index is 1.72. The van der Waals surface area contributed by atoms with Gasteiger partial charge in [0.15, 0.2) is 0 Å². The Hall–Kier alpha value is -2.08. The van der Waals surface area contributed by atoms with Gasteiger partial charge >= 0.3 is 0 Å². The molecule has 0 saturated heterocycles. The molecule has 2 aromatic rings. The monoisotopic (exact) mass is 445 g/mol. The van der Waals surface area contributed by atoms with Crippen molar-refractivity contribution < 1.29 is 9.59 Å². The van der Waals surface area contributed by atoms with E-state index in [9.17, 15) is 9.59 Å². The van der Waals surface area contributed by atoms with Crippen LogP contribution < -0.4 is 0 Å². The summed E-state index contributed by atoms with van der Waals surface area (Å²) in [5, 5.41) is 0. The Morgan fingerprint density at radius 2 is 1.89 bits per heavy atom. The van der Waals surface area contributed by atoms with Crippen molar-refractivity contribution in [2.45, 2.75) is 45.2 Å². The molecule has 1 aromatic heterocycles. The molecular weight excluding hydrogens is 418 g/mol. The average molecular weight is 446 g/mol. The summed E-state index contributed by atoms with van der Waals surface area (Å²) in [6.45, 7) is 3.42. The molecule has 28 heavy (non-hydrogen) atoms. The van der Waals surface area contributed by atoms with Crippen LogP contribution in [0.4, 0.5) is 0 Å². The Morgan fingerprint density at radius 3 is 2.46 bits per heavy atom. The number of unbranched alkanes of at least 4 members (excludes halogenated alkanes) is 1. The molecule has 0 bridgehead atoms. The molecule has 0 spiro atoms. The first kappa shape index (κ1) is 20.6. The van der Waals surface area contributed by atoms with Crippen molar-refractivity contribution in [1.29, 1.82) is 0 Å². The third-order valence-corrected chi connectivity index (χ3v) is 5.71. The zero-order chi connectivity index (χ0) is 20.1. The molecule has 0 unspecified atom stereocenters. The number of aromatic nitrogens is 1. The van der Waals surface area contributed by atoms with Crippen LogP contribution in [0.5, 0.6) is 0 Å². The Bertz CT molecular complexity index is 811. The molecule has 1 saturated carbocycles. The first-order valence-electron chi connectivity index (χ1n) is 9.94. The lowest BCUT2D eigenvalue weighted by Gasteiger charge is -2.28. The standard InChI is InChI=1S/C22H28BrN3O2/c1-3-4-14-25(22(28)17-7-9-18(23)10-8-17)16-21(27)26(19-11-12-19)15-20-6-5-13-24(20)2/h5-10,13,19H,3-4,11-12,14-16H2,1-2H3. The third kappa shape index (κ3) is 5.25. The van der Waals surface area contributed by atoms with Crippen LogP contribution in [-0.2, 0) is 18.4 Å². The van der Waals surface area contributed by atoms with Gasteiger partial charge in [-0.05, 0) is 55.7 Å². The summed E-state index contributed by atoms with van der Waals surface area (Å²) in [6, 6.07) is 11.7. The topological polar surface area (TPSA) is 45.6 Å². The molecule has 1 heterocycles. The number of hydrogen-bond donors (Lipinski definition) is 0. The quantitative estimate of drug-likeness (QED) is 0.579. The van der Waals surface area contributed by atoms with Crippen molar-refractivity contribution in [1.82, 2.24) is 14.4 Å². The smallest absolute Gasteiger partial charge is 0.254 e. The molecule has 150 valence electrons. The molecule has 1 aliphatic carbocycles. The van der Waals surface area contributed by atoms with E-state index in [1.807, 2.05) is 47.0 Å². The average Bonchev–Trinajstić information content (AvgIpc) is 3.45. The summed E-state index contributed by atoms with van der Waals surface area (Å²) in [5.41, 5.74) is 1.73. The number of carbonyl (C=O) groups is 2. The maximum Gasteiger partial charge on any atom is 0.254 e. The fourth-order valence-electron chi connectivity index (χ4n) is 3.27. The summed E-state index contributed by atoms with van der Waals surface area (Å²) in [5.74, 6) is -0.0471. The maximum atomic E-state index is 13.1. The molecule has 0 aliphatic heterocycles. The number of halogens is 1. The predicted octanol–water partition coefficient (Wildman–Crippen LogP) is 4.22. The van der Waals surface area contributed by atoms with Gasteiger partial charge in [0.05, 0.1) is 6.54 Å². The van der Waals surface area contributed by atoms with Crippen LogP contribution in [0.2, 0.25) is 0 Å². The highest BCUT2D eigenvalue weighted by molar-refractivity contribution is 9.10. The van der Waals surface area contributed by atoms with E-state index in [4.69, 9.17) is 0 Å². The van der Waals surface area contributed by atoms with Crippen LogP contribution in [0.1, 0.15) is 48.7 Å². The number of benzene rings is 1. The number of nitrogens with zero attached hydrogens (tertiary/aromatic N) is 3. The molecule has 6 heteroatoms. The maximum absolute atomic E-state index is 13.1. The van der Waals surface area contributed by atoms with Crippen LogP contribution in [0, 0.1) is 0 Å². The number of hydrogen-bond acceptors (Lipinski definition) is 2. The van der Waals surface area contributed by atoms with Gasteiger partial charge in [0, 0.05) is 41.6 Å².